The first-order chi connectivity index (χ1) is 13.8. The summed E-state index contributed by atoms with van der Waals surface area (Å²) in [6.07, 6.45) is 3.18. The fraction of sp³-hybridized carbons (Fsp3) is 0. The van der Waals surface area contributed by atoms with Crippen LogP contribution in [0.3, 0.4) is 0 Å². The molecule has 28 heavy (non-hydrogen) atoms. The first-order valence-corrected chi connectivity index (χ1v) is 8.89. The van der Waals surface area contributed by atoms with Crippen LogP contribution in [0.5, 0.6) is 0 Å². The van der Waals surface area contributed by atoms with Gasteiger partial charge in [-0.15, -0.1) is 0 Å². The first-order valence-electron chi connectivity index (χ1n) is 8.89. The van der Waals surface area contributed by atoms with Gasteiger partial charge in [0, 0.05) is 23.3 Å². The predicted octanol–water partition coefficient (Wildman–Crippen LogP) is 5.30. The lowest BCUT2D eigenvalue weighted by molar-refractivity contribution is 0.102. The van der Waals surface area contributed by atoms with Crippen LogP contribution in [0.2, 0.25) is 0 Å². The molecule has 0 bridgehead atoms. The van der Waals surface area contributed by atoms with E-state index in [1.165, 1.54) is 0 Å². The maximum absolute atomic E-state index is 12.6. The fourth-order valence-electron chi connectivity index (χ4n) is 3.25. The van der Waals surface area contributed by atoms with E-state index in [0.29, 0.717) is 22.7 Å². The van der Waals surface area contributed by atoms with Crippen LogP contribution in [0, 0.1) is 0 Å². The molecule has 0 aliphatic heterocycles. The molecule has 0 aliphatic rings. The van der Waals surface area contributed by atoms with Crippen LogP contribution in [-0.2, 0) is 0 Å². The zero-order valence-corrected chi connectivity index (χ0v) is 14.8. The highest BCUT2D eigenvalue weighted by molar-refractivity contribution is 6.07. The molecule has 0 fully saturated rings. The zero-order valence-electron chi connectivity index (χ0n) is 14.8. The molecule has 0 unspecified atom stereocenters. The van der Waals surface area contributed by atoms with E-state index in [2.05, 4.69) is 10.3 Å². The van der Waals surface area contributed by atoms with Crippen LogP contribution in [-0.4, -0.2) is 15.9 Å². The molecule has 1 amide bonds. The molecule has 2 heterocycles. The summed E-state index contributed by atoms with van der Waals surface area (Å²) in [6.45, 7) is 0. The minimum atomic E-state index is -0.212. The lowest BCUT2D eigenvalue weighted by Gasteiger charge is -2.08. The Kier molecular flexibility index (Phi) is 3.84. The summed E-state index contributed by atoms with van der Waals surface area (Å²) in [5, 5.41) is 5.08. The Morgan fingerprint density at radius 2 is 1.64 bits per heavy atom. The van der Waals surface area contributed by atoms with Crippen LogP contribution in [0.15, 0.2) is 89.6 Å². The van der Waals surface area contributed by atoms with Gasteiger partial charge >= 0.3 is 0 Å². The molecule has 0 aliphatic carbocycles. The monoisotopic (exact) mass is 365 g/mol. The van der Waals surface area contributed by atoms with E-state index in [1.807, 2.05) is 60.7 Å². The van der Waals surface area contributed by atoms with Gasteiger partial charge in [-0.25, -0.2) is 4.98 Å². The van der Waals surface area contributed by atoms with Crippen LogP contribution < -0.4 is 5.32 Å². The van der Waals surface area contributed by atoms with Gasteiger partial charge in [0.15, 0.2) is 5.58 Å². The van der Waals surface area contributed by atoms with Gasteiger partial charge in [-0.1, -0.05) is 42.5 Å². The Morgan fingerprint density at radius 3 is 2.54 bits per heavy atom. The second-order valence-corrected chi connectivity index (χ2v) is 6.39. The third kappa shape index (κ3) is 2.79. The molecule has 0 radical (unpaired) electrons. The molecule has 0 atom stereocenters. The minimum Gasteiger partial charge on any atom is -0.436 e. The van der Waals surface area contributed by atoms with E-state index in [-0.39, 0.29) is 5.91 Å². The number of carbonyl (C=O) groups excluding carboxylic acids is 1. The van der Waals surface area contributed by atoms with Gasteiger partial charge in [0.1, 0.15) is 5.52 Å². The van der Waals surface area contributed by atoms with Crippen molar-refractivity contribution in [3.63, 3.8) is 0 Å². The van der Waals surface area contributed by atoms with Gasteiger partial charge in [0.2, 0.25) is 5.89 Å². The first kappa shape index (κ1) is 16.2. The summed E-state index contributed by atoms with van der Waals surface area (Å²) < 4.78 is 6.02. The average Bonchev–Trinajstić information content (AvgIpc) is 3.19. The highest BCUT2D eigenvalue weighted by Crippen LogP contribution is 2.33. The van der Waals surface area contributed by atoms with Gasteiger partial charge in [-0.3, -0.25) is 9.78 Å². The number of carbonyl (C=O) groups is 1. The largest absolute Gasteiger partial charge is 0.436 e. The van der Waals surface area contributed by atoms with Crippen LogP contribution >= 0.6 is 0 Å². The molecule has 5 rings (SSSR count). The zero-order chi connectivity index (χ0) is 18.9. The van der Waals surface area contributed by atoms with E-state index in [4.69, 9.17) is 9.40 Å². The van der Waals surface area contributed by atoms with Crippen molar-refractivity contribution in [2.45, 2.75) is 0 Å². The number of amides is 1. The lowest BCUT2D eigenvalue weighted by atomic mass is 10.1. The van der Waals surface area contributed by atoms with Gasteiger partial charge in [0.05, 0.1) is 11.3 Å². The minimum absolute atomic E-state index is 0.212. The van der Waals surface area contributed by atoms with Gasteiger partial charge in [0.25, 0.3) is 5.91 Å². The maximum Gasteiger partial charge on any atom is 0.255 e. The Bertz CT molecular complexity index is 1310. The Hall–Kier alpha value is -3.99. The lowest BCUT2D eigenvalue weighted by Crippen LogP contribution is -2.12. The fourth-order valence-corrected chi connectivity index (χ4v) is 3.25. The molecule has 0 spiro atoms. The number of nitrogens with zero attached hydrogens (tertiary/aromatic N) is 2. The van der Waals surface area contributed by atoms with Gasteiger partial charge < -0.3 is 9.73 Å². The molecular weight excluding hydrogens is 350 g/mol. The number of pyridine rings is 1. The number of rotatable bonds is 3. The summed E-state index contributed by atoms with van der Waals surface area (Å²) in [5.41, 5.74) is 3.42. The van der Waals surface area contributed by atoms with Gasteiger partial charge in [-0.05, 0) is 35.7 Å². The van der Waals surface area contributed by atoms with Crippen LogP contribution in [0.25, 0.3) is 33.3 Å². The van der Waals surface area contributed by atoms with Gasteiger partial charge in [-0.2, -0.15) is 0 Å². The standard InChI is InChI=1S/C23H15N3O2/c27-22(16-11-13-24-14-12-16)25-19-8-4-3-7-18(19)23-26-21-17-6-2-1-5-15(17)9-10-20(21)28-23/h1-14H,(H,25,27). The van der Waals surface area contributed by atoms with Crippen molar-refractivity contribution in [1.29, 1.82) is 0 Å². The molecule has 0 saturated heterocycles. The van der Waals surface area contributed by atoms with Crippen molar-refractivity contribution < 1.29 is 9.21 Å². The molecule has 5 aromatic rings. The summed E-state index contributed by atoms with van der Waals surface area (Å²) in [4.78, 5) is 21.2. The molecule has 5 nitrogen and oxygen atoms in total. The molecule has 5 heteroatoms. The Balaban J connectivity index is 1.59. The summed E-state index contributed by atoms with van der Waals surface area (Å²) in [5.74, 6) is 0.258. The molecule has 1 N–H and O–H groups in total. The molecular formula is C23H15N3O2. The number of aromatic nitrogens is 2. The second-order valence-electron chi connectivity index (χ2n) is 6.39. The van der Waals surface area contributed by atoms with Crippen molar-refractivity contribution in [2.24, 2.45) is 0 Å². The summed E-state index contributed by atoms with van der Waals surface area (Å²) >= 11 is 0. The van der Waals surface area contributed by atoms with Crippen molar-refractivity contribution in [2.75, 3.05) is 5.32 Å². The topological polar surface area (TPSA) is 68.0 Å². The van der Waals surface area contributed by atoms with Crippen molar-refractivity contribution in [3.8, 4) is 11.5 Å². The highest BCUT2D eigenvalue weighted by atomic mass is 16.3. The number of anilines is 1. The van der Waals surface area contributed by atoms with E-state index in [1.54, 1.807) is 24.5 Å². The Morgan fingerprint density at radius 1 is 0.857 bits per heavy atom. The summed E-state index contributed by atoms with van der Waals surface area (Å²) in [6, 6.07) is 22.8. The molecule has 3 aromatic carbocycles. The molecule has 0 saturated carbocycles. The van der Waals surface area contributed by atoms with E-state index >= 15 is 0 Å². The van der Waals surface area contributed by atoms with Crippen molar-refractivity contribution >= 4 is 33.5 Å². The SMILES string of the molecule is O=C(Nc1ccccc1-c1nc2c(ccc3ccccc32)o1)c1ccncc1. The number of hydrogen-bond acceptors (Lipinski definition) is 4. The van der Waals surface area contributed by atoms with Crippen LogP contribution in [0.1, 0.15) is 10.4 Å². The molecule has 2 aromatic heterocycles. The number of nitrogens with one attached hydrogen (secondary N) is 1. The third-order valence-electron chi connectivity index (χ3n) is 4.63. The molecule has 134 valence electrons. The quantitative estimate of drug-likeness (QED) is 0.471. The number of oxazole rings is 1. The van der Waals surface area contributed by atoms with E-state index < -0.39 is 0 Å². The van der Waals surface area contributed by atoms with Crippen molar-refractivity contribution in [1.82, 2.24) is 9.97 Å². The maximum atomic E-state index is 12.6. The normalized spacial score (nSPS) is 11.0. The number of para-hydroxylation sites is 1. The van der Waals surface area contributed by atoms with Crippen LogP contribution in [0.4, 0.5) is 5.69 Å². The van der Waals surface area contributed by atoms with E-state index in [9.17, 15) is 4.79 Å². The van der Waals surface area contributed by atoms with E-state index in [0.717, 1.165) is 21.9 Å². The number of fused-ring (bicyclic) bond motifs is 3. The average molecular weight is 365 g/mol. The number of hydrogen-bond donors (Lipinski definition) is 1. The smallest absolute Gasteiger partial charge is 0.255 e. The highest BCUT2D eigenvalue weighted by Gasteiger charge is 2.16. The Labute approximate surface area is 160 Å². The summed E-state index contributed by atoms with van der Waals surface area (Å²) in [7, 11) is 0. The third-order valence-corrected chi connectivity index (χ3v) is 4.63. The predicted molar refractivity (Wildman–Crippen MR) is 109 cm³/mol. The number of benzene rings is 3. The van der Waals surface area contributed by atoms with Crippen molar-refractivity contribution in [3.05, 3.63) is 90.8 Å². The second kappa shape index (κ2) is 6.63.